The number of primary amides is 1. The van der Waals surface area contributed by atoms with Crippen molar-refractivity contribution < 1.29 is 9.59 Å². The summed E-state index contributed by atoms with van der Waals surface area (Å²) in [5, 5.41) is 3.98. The van der Waals surface area contributed by atoms with Crippen LogP contribution < -0.4 is 21.2 Å². The zero-order valence-corrected chi connectivity index (χ0v) is 19.1. The van der Waals surface area contributed by atoms with Crippen molar-refractivity contribution >= 4 is 23.4 Å². The van der Waals surface area contributed by atoms with Crippen LogP contribution in [-0.4, -0.2) is 49.3 Å². The van der Waals surface area contributed by atoms with Crippen LogP contribution >= 0.6 is 0 Å². The first-order chi connectivity index (χ1) is 16.8. The van der Waals surface area contributed by atoms with Crippen molar-refractivity contribution in [2.45, 2.75) is 6.92 Å². The van der Waals surface area contributed by atoms with Crippen molar-refractivity contribution in [1.29, 1.82) is 0 Å². The molecule has 0 saturated carbocycles. The second kappa shape index (κ2) is 8.52. The lowest BCUT2D eigenvalue weighted by Gasteiger charge is -2.20. The molecule has 4 heterocycles. The normalized spacial score (nSPS) is 13.5. The summed E-state index contributed by atoms with van der Waals surface area (Å²) in [4.78, 5) is 48.6. The summed E-state index contributed by atoms with van der Waals surface area (Å²) >= 11 is 0. The Morgan fingerprint density at radius 3 is 2.43 bits per heavy atom. The topological polar surface area (TPSA) is 132 Å². The van der Waals surface area contributed by atoms with Gasteiger partial charge in [0.05, 0.1) is 23.1 Å². The van der Waals surface area contributed by atoms with Crippen LogP contribution in [0.25, 0.3) is 16.8 Å². The number of aryl methyl sites for hydroxylation is 1. The third kappa shape index (κ3) is 3.82. The third-order valence-corrected chi connectivity index (χ3v) is 6.04. The second-order valence-corrected chi connectivity index (χ2v) is 8.14. The number of carbonyl (C=O) groups is 2. The van der Waals surface area contributed by atoms with Crippen LogP contribution in [0.5, 0.6) is 0 Å². The SMILES string of the molecule is Cc1c(-c2ccc(-n3cnn(C)c3=O)cc2)ccnc1N1CCN(c2cncc(C(N)=O)c2)C1=O. The van der Waals surface area contributed by atoms with Crippen LogP contribution in [0, 0.1) is 6.92 Å². The molecular weight excluding hydrogens is 448 g/mol. The number of urea groups is 1. The van der Waals surface area contributed by atoms with Crippen molar-refractivity contribution in [3.8, 4) is 16.8 Å². The van der Waals surface area contributed by atoms with E-state index in [1.807, 2.05) is 37.3 Å². The van der Waals surface area contributed by atoms with Gasteiger partial charge in [-0.3, -0.25) is 19.6 Å². The number of hydrogen-bond donors (Lipinski definition) is 1. The predicted octanol–water partition coefficient (Wildman–Crippen LogP) is 1.88. The van der Waals surface area contributed by atoms with Gasteiger partial charge in [-0.15, -0.1) is 0 Å². The molecular formula is C24H22N8O3. The molecule has 1 aliphatic rings. The van der Waals surface area contributed by atoms with E-state index in [2.05, 4.69) is 15.1 Å². The molecule has 11 heteroatoms. The highest BCUT2D eigenvalue weighted by Crippen LogP contribution is 2.32. The molecule has 1 aliphatic heterocycles. The predicted molar refractivity (Wildman–Crippen MR) is 130 cm³/mol. The smallest absolute Gasteiger partial charge is 0.350 e. The summed E-state index contributed by atoms with van der Waals surface area (Å²) in [6, 6.07) is 10.7. The summed E-state index contributed by atoms with van der Waals surface area (Å²) in [6.07, 6.45) is 6.05. The lowest BCUT2D eigenvalue weighted by atomic mass is 10.0. The molecule has 2 N–H and O–H groups in total. The summed E-state index contributed by atoms with van der Waals surface area (Å²) in [7, 11) is 1.60. The minimum Gasteiger partial charge on any atom is -0.366 e. The number of benzene rings is 1. The van der Waals surface area contributed by atoms with E-state index in [9.17, 15) is 14.4 Å². The summed E-state index contributed by atoms with van der Waals surface area (Å²) in [5.74, 6) is -0.0472. The average Bonchev–Trinajstić information content (AvgIpc) is 3.41. The van der Waals surface area contributed by atoms with Crippen molar-refractivity contribution in [2.24, 2.45) is 12.8 Å². The van der Waals surface area contributed by atoms with E-state index in [1.54, 1.807) is 29.1 Å². The van der Waals surface area contributed by atoms with Crippen molar-refractivity contribution in [3.05, 3.63) is 82.9 Å². The minimum atomic E-state index is -0.604. The van der Waals surface area contributed by atoms with Gasteiger partial charge in [-0.2, -0.15) is 5.10 Å². The van der Waals surface area contributed by atoms with Gasteiger partial charge in [0.2, 0.25) is 5.91 Å². The monoisotopic (exact) mass is 470 g/mol. The Bertz CT molecular complexity index is 1510. The molecule has 0 atom stereocenters. The number of rotatable bonds is 5. The number of aromatic nitrogens is 5. The molecule has 4 aromatic rings. The highest BCUT2D eigenvalue weighted by atomic mass is 16.2. The molecule has 35 heavy (non-hydrogen) atoms. The Morgan fingerprint density at radius 1 is 1.00 bits per heavy atom. The van der Waals surface area contributed by atoms with Crippen LogP contribution in [0.2, 0.25) is 0 Å². The molecule has 176 valence electrons. The number of anilines is 2. The first kappa shape index (κ1) is 22.0. The fourth-order valence-corrected chi connectivity index (χ4v) is 4.16. The van der Waals surface area contributed by atoms with Gasteiger partial charge < -0.3 is 5.73 Å². The Hall–Kier alpha value is -4.80. The largest absolute Gasteiger partial charge is 0.366 e. The van der Waals surface area contributed by atoms with Crippen LogP contribution in [0.4, 0.5) is 16.3 Å². The molecule has 0 unspecified atom stereocenters. The number of nitrogens with zero attached hydrogens (tertiary/aromatic N) is 7. The quantitative estimate of drug-likeness (QED) is 0.474. The molecule has 5 rings (SSSR count). The number of carbonyl (C=O) groups excluding carboxylic acids is 2. The van der Waals surface area contributed by atoms with Crippen molar-refractivity contribution in [3.63, 3.8) is 0 Å². The van der Waals surface area contributed by atoms with E-state index >= 15 is 0 Å². The fourth-order valence-electron chi connectivity index (χ4n) is 4.16. The standard InChI is InChI=1S/C24H22N8O3/c1-15-20(16-3-5-18(6-4-16)32-14-28-29(2)23(32)34)7-8-27-22(15)31-10-9-30(24(31)35)19-11-17(21(25)33)12-26-13-19/h3-8,11-14H,9-10H2,1-2H3,(H2,25,33). The van der Waals surface area contributed by atoms with Gasteiger partial charge in [0.15, 0.2) is 0 Å². The molecule has 1 aromatic carbocycles. The summed E-state index contributed by atoms with van der Waals surface area (Å²) in [6.45, 7) is 2.77. The third-order valence-electron chi connectivity index (χ3n) is 6.04. The van der Waals surface area contributed by atoms with Crippen LogP contribution in [0.15, 0.2) is 66.1 Å². The molecule has 3 amide bonds. The Balaban J connectivity index is 1.43. The van der Waals surface area contributed by atoms with Crippen molar-refractivity contribution in [1.82, 2.24) is 24.3 Å². The van der Waals surface area contributed by atoms with Gasteiger partial charge >= 0.3 is 11.7 Å². The maximum atomic E-state index is 13.3. The van der Waals surface area contributed by atoms with Gasteiger partial charge in [-0.1, -0.05) is 12.1 Å². The molecule has 0 bridgehead atoms. The highest BCUT2D eigenvalue weighted by Gasteiger charge is 2.33. The molecule has 0 spiro atoms. The lowest BCUT2D eigenvalue weighted by Crippen LogP contribution is -2.33. The Morgan fingerprint density at radius 2 is 1.74 bits per heavy atom. The molecule has 11 nitrogen and oxygen atoms in total. The number of hydrogen-bond acceptors (Lipinski definition) is 6. The van der Waals surface area contributed by atoms with E-state index in [1.165, 1.54) is 28.0 Å². The van der Waals surface area contributed by atoms with Gasteiger partial charge in [0.25, 0.3) is 0 Å². The molecule has 1 saturated heterocycles. The molecule has 3 aromatic heterocycles. The van der Waals surface area contributed by atoms with E-state index in [0.29, 0.717) is 30.3 Å². The molecule has 0 radical (unpaired) electrons. The number of nitrogens with two attached hydrogens (primary N) is 1. The Kier molecular flexibility index (Phi) is 5.36. The van der Waals surface area contributed by atoms with E-state index in [0.717, 1.165) is 16.7 Å². The fraction of sp³-hybridized carbons (Fsp3) is 0.167. The van der Waals surface area contributed by atoms with Crippen LogP contribution in [0.3, 0.4) is 0 Å². The number of amides is 3. The van der Waals surface area contributed by atoms with Crippen LogP contribution in [-0.2, 0) is 7.05 Å². The summed E-state index contributed by atoms with van der Waals surface area (Å²) in [5.41, 5.74) is 9.26. The van der Waals surface area contributed by atoms with Gasteiger partial charge in [-0.05, 0) is 47.9 Å². The molecule has 1 fully saturated rings. The zero-order valence-electron chi connectivity index (χ0n) is 19.1. The number of pyridine rings is 2. The van der Waals surface area contributed by atoms with E-state index < -0.39 is 5.91 Å². The minimum absolute atomic E-state index is 0.228. The highest BCUT2D eigenvalue weighted by molar-refractivity contribution is 6.06. The van der Waals surface area contributed by atoms with Gasteiger partial charge in [-0.25, -0.2) is 23.8 Å². The van der Waals surface area contributed by atoms with Gasteiger partial charge in [0, 0.05) is 32.5 Å². The van der Waals surface area contributed by atoms with E-state index in [4.69, 9.17) is 5.73 Å². The Labute approximate surface area is 200 Å². The second-order valence-electron chi connectivity index (χ2n) is 8.14. The molecule has 0 aliphatic carbocycles. The zero-order chi connectivity index (χ0) is 24.7. The lowest BCUT2D eigenvalue weighted by molar-refractivity contribution is 0.1000. The average molecular weight is 470 g/mol. The first-order valence-electron chi connectivity index (χ1n) is 10.9. The summed E-state index contributed by atoms with van der Waals surface area (Å²) < 4.78 is 2.73. The van der Waals surface area contributed by atoms with Crippen molar-refractivity contribution in [2.75, 3.05) is 22.9 Å². The maximum absolute atomic E-state index is 13.3. The maximum Gasteiger partial charge on any atom is 0.350 e. The van der Waals surface area contributed by atoms with Gasteiger partial charge in [0.1, 0.15) is 12.1 Å². The van der Waals surface area contributed by atoms with Crippen LogP contribution in [0.1, 0.15) is 15.9 Å². The van der Waals surface area contributed by atoms with E-state index in [-0.39, 0.29) is 17.3 Å². The first-order valence-corrected chi connectivity index (χ1v) is 10.9.